The number of hydrogen-bond donors (Lipinski definition) is 2. The molecule has 1 heterocycles. The van der Waals surface area contributed by atoms with Crippen LogP contribution < -0.4 is 5.32 Å². The minimum Gasteiger partial charge on any atom is -0.395 e. The van der Waals surface area contributed by atoms with Gasteiger partial charge in [0, 0.05) is 38.3 Å². The first-order valence-electron chi connectivity index (χ1n) is 8.99. The summed E-state index contributed by atoms with van der Waals surface area (Å²) in [6.45, 7) is 8.12. The largest absolute Gasteiger partial charge is 0.395 e. The Kier molecular flexibility index (Phi) is 7.69. The molecule has 1 aromatic rings. The van der Waals surface area contributed by atoms with Crippen LogP contribution in [-0.4, -0.2) is 65.7 Å². The van der Waals surface area contributed by atoms with E-state index < -0.39 is 0 Å². The van der Waals surface area contributed by atoms with Gasteiger partial charge in [-0.15, -0.1) is 0 Å². The van der Waals surface area contributed by atoms with Gasteiger partial charge >= 0.3 is 0 Å². The first-order valence-corrected chi connectivity index (χ1v) is 8.99. The highest BCUT2D eigenvalue weighted by molar-refractivity contribution is 5.78. The van der Waals surface area contributed by atoms with Crippen molar-refractivity contribution in [1.82, 2.24) is 15.1 Å². The second kappa shape index (κ2) is 9.77. The van der Waals surface area contributed by atoms with Crippen LogP contribution >= 0.6 is 0 Å². The lowest BCUT2D eigenvalue weighted by Crippen LogP contribution is -2.48. The molecule has 0 saturated carbocycles. The van der Waals surface area contributed by atoms with Gasteiger partial charge in [-0.2, -0.15) is 0 Å². The molecule has 0 spiro atoms. The smallest absolute Gasteiger partial charge is 0.234 e. The highest BCUT2D eigenvalue weighted by atomic mass is 16.3. The first kappa shape index (κ1) is 18.9. The van der Waals surface area contributed by atoms with Gasteiger partial charge in [0.1, 0.15) is 0 Å². The number of nitrogens with one attached hydrogen (secondary N) is 1. The summed E-state index contributed by atoms with van der Waals surface area (Å²) < 4.78 is 0. The van der Waals surface area contributed by atoms with E-state index in [9.17, 15) is 9.90 Å². The SMILES string of the molecule is CC(C)N1CCC(NC(=O)CN(CCO)Cc2ccccc2)CC1. The van der Waals surface area contributed by atoms with Crippen molar-refractivity contribution in [3.05, 3.63) is 35.9 Å². The molecule has 0 aliphatic carbocycles. The molecule has 2 N–H and O–H groups in total. The molecular formula is C19H31N3O2. The lowest BCUT2D eigenvalue weighted by atomic mass is 10.0. The third-order valence-corrected chi connectivity index (χ3v) is 4.66. The van der Waals surface area contributed by atoms with Gasteiger partial charge < -0.3 is 15.3 Å². The fraction of sp³-hybridized carbons (Fsp3) is 0.632. The molecule has 0 bridgehead atoms. The topological polar surface area (TPSA) is 55.8 Å². The Hall–Kier alpha value is -1.43. The molecule has 134 valence electrons. The van der Waals surface area contributed by atoms with E-state index in [0.29, 0.717) is 25.7 Å². The number of aliphatic hydroxyl groups excluding tert-OH is 1. The number of carbonyl (C=O) groups is 1. The van der Waals surface area contributed by atoms with Crippen molar-refractivity contribution in [3.8, 4) is 0 Å². The van der Waals surface area contributed by atoms with Crippen LogP contribution in [0.25, 0.3) is 0 Å². The highest BCUT2D eigenvalue weighted by Gasteiger charge is 2.22. The van der Waals surface area contributed by atoms with Gasteiger partial charge in [-0.25, -0.2) is 0 Å². The summed E-state index contributed by atoms with van der Waals surface area (Å²) in [6, 6.07) is 10.9. The Balaban J connectivity index is 1.78. The summed E-state index contributed by atoms with van der Waals surface area (Å²) in [5.41, 5.74) is 1.16. The Morgan fingerprint density at radius 1 is 1.29 bits per heavy atom. The van der Waals surface area contributed by atoms with Crippen LogP contribution in [0.4, 0.5) is 0 Å². The predicted octanol–water partition coefficient (Wildman–Crippen LogP) is 1.47. The van der Waals surface area contributed by atoms with Gasteiger partial charge in [0.2, 0.25) is 5.91 Å². The minimum atomic E-state index is 0.0578. The van der Waals surface area contributed by atoms with E-state index in [2.05, 4.69) is 24.1 Å². The number of likely N-dealkylation sites (tertiary alicyclic amines) is 1. The quantitative estimate of drug-likeness (QED) is 0.756. The summed E-state index contributed by atoms with van der Waals surface area (Å²) >= 11 is 0. The number of rotatable bonds is 8. The monoisotopic (exact) mass is 333 g/mol. The van der Waals surface area contributed by atoms with Gasteiger partial charge in [-0.05, 0) is 32.3 Å². The van der Waals surface area contributed by atoms with Crippen LogP contribution in [0.1, 0.15) is 32.3 Å². The summed E-state index contributed by atoms with van der Waals surface area (Å²) in [5.74, 6) is 0.0578. The van der Waals surface area contributed by atoms with Crippen LogP contribution in [-0.2, 0) is 11.3 Å². The normalized spacial score (nSPS) is 16.7. The molecule has 1 amide bonds. The fourth-order valence-electron chi connectivity index (χ4n) is 3.23. The summed E-state index contributed by atoms with van der Waals surface area (Å²) in [7, 11) is 0. The predicted molar refractivity (Wildman–Crippen MR) is 96.7 cm³/mol. The molecule has 1 aliphatic heterocycles. The number of hydrogen-bond acceptors (Lipinski definition) is 4. The summed E-state index contributed by atoms with van der Waals surface area (Å²) in [6.07, 6.45) is 2.03. The van der Waals surface area contributed by atoms with E-state index in [0.717, 1.165) is 31.5 Å². The van der Waals surface area contributed by atoms with Crippen LogP contribution in [0.5, 0.6) is 0 Å². The van der Waals surface area contributed by atoms with Crippen molar-refractivity contribution in [2.24, 2.45) is 0 Å². The zero-order valence-electron chi connectivity index (χ0n) is 14.9. The van der Waals surface area contributed by atoms with Crippen LogP contribution in [0.2, 0.25) is 0 Å². The van der Waals surface area contributed by atoms with Crippen molar-refractivity contribution in [2.45, 2.75) is 45.3 Å². The molecule has 5 heteroatoms. The van der Waals surface area contributed by atoms with Crippen molar-refractivity contribution in [2.75, 3.05) is 32.8 Å². The van der Waals surface area contributed by atoms with E-state index in [-0.39, 0.29) is 18.6 Å². The minimum absolute atomic E-state index is 0.0578. The second-order valence-corrected chi connectivity index (χ2v) is 6.89. The standard InChI is InChI=1S/C19H31N3O2/c1-16(2)22-10-8-18(9-11-22)20-19(24)15-21(12-13-23)14-17-6-4-3-5-7-17/h3-7,16,18,23H,8-15H2,1-2H3,(H,20,24). The molecule has 1 fully saturated rings. The van der Waals surface area contributed by atoms with Crippen molar-refractivity contribution in [1.29, 1.82) is 0 Å². The Morgan fingerprint density at radius 2 is 1.96 bits per heavy atom. The molecule has 2 rings (SSSR count). The number of piperidine rings is 1. The van der Waals surface area contributed by atoms with Crippen LogP contribution in [0.15, 0.2) is 30.3 Å². The fourth-order valence-corrected chi connectivity index (χ4v) is 3.23. The number of aliphatic hydroxyl groups is 1. The van der Waals surface area contributed by atoms with Crippen LogP contribution in [0.3, 0.4) is 0 Å². The molecular weight excluding hydrogens is 302 g/mol. The third-order valence-electron chi connectivity index (χ3n) is 4.66. The van der Waals surface area contributed by atoms with Gasteiger partial charge in [-0.3, -0.25) is 9.69 Å². The maximum Gasteiger partial charge on any atom is 0.234 e. The zero-order chi connectivity index (χ0) is 17.4. The number of amides is 1. The maximum absolute atomic E-state index is 12.4. The lowest BCUT2D eigenvalue weighted by Gasteiger charge is -2.35. The highest BCUT2D eigenvalue weighted by Crippen LogP contribution is 2.13. The van der Waals surface area contributed by atoms with E-state index >= 15 is 0 Å². The number of benzene rings is 1. The average Bonchev–Trinajstić information content (AvgIpc) is 2.56. The maximum atomic E-state index is 12.4. The Bertz CT molecular complexity index is 485. The van der Waals surface area contributed by atoms with Crippen molar-refractivity contribution < 1.29 is 9.90 Å². The van der Waals surface area contributed by atoms with Gasteiger partial charge in [0.05, 0.1) is 13.2 Å². The number of carbonyl (C=O) groups excluding carboxylic acids is 1. The second-order valence-electron chi connectivity index (χ2n) is 6.89. The molecule has 0 atom stereocenters. The first-order chi connectivity index (χ1) is 11.6. The van der Waals surface area contributed by atoms with Gasteiger partial charge in [-0.1, -0.05) is 30.3 Å². The molecule has 0 unspecified atom stereocenters. The molecule has 1 saturated heterocycles. The number of nitrogens with zero attached hydrogens (tertiary/aromatic N) is 2. The van der Waals surface area contributed by atoms with E-state index in [1.54, 1.807) is 0 Å². The average molecular weight is 333 g/mol. The Morgan fingerprint density at radius 3 is 2.54 bits per heavy atom. The molecule has 24 heavy (non-hydrogen) atoms. The van der Waals surface area contributed by atoms with Crippen LogP contribution in [0, 0.1) is 0 Å². The van der Waals surface area contributed by atoms with E-state index in [4.69, 9.17) is 0 Å². The van der Waals surface area contributed by atoms with E-state index in [1.165, 1.54) is 0 Å². The zero-order valence-corrected chi connectivity index (χ0v) is 14.9. The lowest BCUT2D eigenvalue weighted by molar-refractivity contribution is -0.123. The Labute approximate surface area is 145 Å². The molecule has 1 aromatic carbocycles. The van der Waals surface area contributed by atoms with Crippen molar-refractivity contribution in [3.63, 3.8) is 0 Å². The summed E-state index contributed by atoms with van der Waals surface area (Å²) in [4.78, 5) is 16.8. The molecule has 1 aliphatic rings. The third kappa shape index (κ3) is 6.23. The van der Waals surface area contributed by atoms with Crippen molar-refractivity contribution >= 4 is 5.91 Å². The molecule has 0 radical (unpaired) electrons. The van der Waals surface area contributed by atoms with E-state index in [1.807, 2.05) is 35.2 Å². The van der Waals surface area contributed by atoms with Gasteiger partial charge in [0.25, 0.3) is 0 Å². The molecule has 5 nitrogen and oxygen atoms in total. The summed E-state index contributed by atoms with van der Waals surface area (Å²) in [5, 5.41) is 12.4. The van der Waals surface area contributed by atoms with Gasteiger partial charge in [0.15, 0.2) is 0 Å². The molecule has 0 aromatic heterocycles.